The van der Waals surface area contributed by atoms with Gasteiger partial charge in [-0.05, 0) is 38.6 Å². The standard InChI is InChI=1S/C17H27F3N4/c18-17(19,20)9-4-10-23-11-7-15(8-12-23)24-13-16(21-22-24)14-5-2-1-3-6-14/h13-15H,1-12H2. The molecule has 7 heteroatoms. The third-order valence-electron chi connectivity index (χ3n) is 5.42. The summed E-state index contributed by atoms with van der Waals surface area (Å²) in [5.41, 5.74) is 1.13. The van der Waals surface area contributed by atoms with Gasteiger partial charge in [-0.1, -0.05) is 24.5 Å². The molecule has 3 rings (SSSR count). The SMILES string of the molecule is FC(F)(F)CCCN1CCC(n2cc(C3CCCCC3)nn2)CC1. The van der Waals surface area contributed by atoms with Gasteiger partial charge < -0.3 is 4.90 Å². The van der Waals surface area contributed by atoms with Gasteiger partial charge in [0.2, 0.25) is 0 Å². The van der Waals surface area contributed by atoms with Crippen molar-refractivity contribution >= 4 is 0 Å². The van der Waals surface area contributed by atoms with Crippen LogP contribution in [0.4, 0.5) is 13.2 Å². The van der Waals surface area contributed by atoms with Gasteiger partial charge in [0.1, 0.15) is 0 Å². The largest absolute Gasteiger partial charge is 0.389 e. The number of hydrogen-bond acceptors (Lipinski definition) is 3. The smallest absolute Gasteiger partial charge is 0.303 e. The minimum Gasteiger partial charge on any atom is -0.303 e. The number of aromatic nitrogens is 3. The lowest BCUT2D eigenvalue weighted by molar-refractivity contribution is -0.136. The van der Waals surface area contributed by atoms with Gasteiger partial charge in [0, 0.05) is 31.6 Å². The average molecular weight is 344 g/mol. The molecule has 1 saturated carbocycles. The van der Waals surface area contributed by atoms with Crippen molar-refractivity contribution in [2.75, 3.05) is 19.6 Å². The Morgan fingerprint density at radius 2 is 1.75 bits per heavy atom. The highest BCUT2D eigenvalue weighted by atomic mass is 19.4. The first-order valence-electron chi connectivity index (χ1n) is 9.22. The number of halogens is 3. The van der Waals surface area contributed by atoms with Crippen molar-refractivity contribution in [1.29, 1.82) is 0 Å². The number of alkyl halides is 3. The molecule has 0 radical (unpaired) electrons. The van der Waals surface area contributed by atoms with Gasteiger partial charge in [-0.25, -0.2) is 4.68 Å². The number of likely N-dealkylation sites (tertiary alicyclic amines) is 1. The Bertz CT molecular complexity index is 500. The summed E-state index contributed by atoms with van der Waals surface area (Å²) in [5.74, 6) is 0.565. The molecule has 24 heavy (non-hydrogen) atoms. The van der Waals surface area contributed by atoms with Crippen LogP contribution in [-0.4, -0.2) is 45.7 Å². The lowest BCUT2D eigenvalue weighted by Crippen LogP contribution is -2.35. The van der Waals surface area contributed by atoms with Gasteiger partial charge in [-0.3, -0.25) is 0 Å². The Kier molecular flexibility index (Phi) is 5.79. The van der Waals surface area contributed by atoms with Crippen molar-refractivity contribution in [3.8, 4) is 0 Å². The van der Waals surface area contributed by atoms with Gasteiger partial charge in [0.25, 0.3) is 0 Å². The Hall–Kier alpha value is -1.11. The van der Waals surface area contributed by atoms with E-state index in [0.29, 0.717) is 18.5 Å². The maximum absolute atomic E-state index is 12.2. The molecule has 1 aliphatic heterocycles. The van der Waals surface area contributed by atoms with E-state index in [-0.39, 0.29) is 6.42 Å². The zero-order valence-electron chi connectivity index (χ0n) is 14.1. The third-order valence-corrected chi connectivity index (χ3v) is 5.42. The van der Waals surface area contributed by atoms with Crippen LogP contribution in [0.3, 0.4) is 0 Å². The molecular formula is C17H27F3N4. The molecule has 0 bridgehead atoms. The summed E-state index contributed by atoms with van der Waals surface area (Å²) in [6, 6.07) is 0.341. The van der Waals surface area contributed by atoms with Crippen molar-refractivity contribution in [2.24, 2.45) is 0 Å². The summed E-state index contributed by atoms with van der Waals surface area (Å²) in [6.45, 7) is 2.24. The molecule has 1 aliphatic carbocycles. The third kappa shape index (κ3) is 4.94. The molecule has 0 amide bonds. The second kappa shape index (κ2) is 7.85. The molecule has 2 heterocycles. The maximum Gasteiger partial charge on any atom is 0.389 e. The van der Waals surface area contributed by atoms with Crippen LogP contribution < -0.4 is 0 Å². The second-order valence-electron chi connectivity index (χ2n) is 7.25. The number of piperidine rings is 1. The molecule has 0 N–H and O–H groups in total. The Morgan fingerprint density at radius 3 is 2.42 bits per heavy atom. The number of rotatable bonds is 5. The van der Waals surface area contributed by atoms with E-state index in [9.17, 15) is 13.2 Å². The highest BCUT2D eigenvalue weighted by Gasteiger charge is 2.28. The van der Waals surface area contributed by atoms with E-state index < -0.39 is 12.6 Å². The van der Waals surface area contributed by atoms with Crippen LogP contribution in [0.15, 0.2) is 6.20 Å². The van der Waals surface area contributed by atoms with E-state index in [0.717, 1.165) is 31.6 Å². The van der Waals surface area contributed by atoms with Crippen molar-refractivity contribution in [1.82, 2.24) is 19.9 Å². The van der Waals surface area contributed by atoms with Crippen LogP contribution in [-0.2, 0) is 0 Å². The normalized spacial score (nSPS) is 22.1. The van der Waals surface area contributed by atoms with E-state index in [4.69, 9.17) is 0 Å². The molecule has 0 atom stereocenters. The van der Waals surface area contributed by atoms with Crippen LogP contribution in [0, 0.1) is 0 Å². The van der Waals surface area contributed by atoms with E-state index in [2.05, 4.69) is 21.4 Å². The van der Waals surface area contributed by atoms with Gasteiger partial charge >= 0.3 is 6.18 Å². The van der Waals surface area contributed by atoms with Gasteiger partial charge in [-0.15, -0.1) is 5.10 Å². The monoisotopic (exact) mass is 344 g/mol. The zero-order valence-corrected chi connectivity index (χ0v) is 14.1. The Labute approximate surface area is 141 Å². The average Bonchev–Trinajstić information content (AvgIpc) is 3.05. The molecule has 136 valence electrons. The van der Waals surface area contributed by atoms with Crippen molar-refractivity contribution < 1.29 is 13.2 Å². The molecule has 4 nitrogen and oxygen atoms in total. The first-order chi connectivity index (χ1) is 11.5. The Balaban J connectivity index is 1.44. The summed E-state index contributed by atoms with van der Waals surface area (Å²) in [7, 11) is 0. The summed E-state index contributed by atoms with van der Waals surface area (Å²) in [6.07, 6.45) is 5.82. The summed E-state index contributed by atoms with van der Waals surface area (Å²) >= 11 is 0. The molecular weight excluding hydrogens is 317 g/mol. The molecule has 0 spiro atoms. The lowest BCUT2D eigenvalue weighted by atomic mass is 9.87. The fraction of sp³-hybridized carbons (Fsp3) is 0.882. The van der Waals surface area contributed by atoms with E-state index >= 15 is 0 Å². The van der Waals surface area contributed by atoms with Gasteiger partial charge in [0.15, 0.2) is 0 Å². The molecule has 2 fully saturated rings. The minimum atomic E-state index is -4.03. The van der Waals surface area contributed by atoms with E-state index in [1.54, 1.807) is 0 Å². The predicted molar refractivity (Wildman–Crippen MR) is 85.8 cm³/mol. The molecule has 1 aromatic heterocycles. The number of nitrogens with zero attached hydrogens (tertiary/aromatic N) is 4. The quantitative estimate of drug-likeness (QED) is 0.798. The van der Waals surface area contributed by atoms with Crippen molar-refractivity contribution in [2.45, 2.75) is 75.9 Å². The van der Waals surface area contributed by atoms with Crippen LogP contribution in [0.1, 0.15) is 75.4 Å². The maximum atomic E-state index is 12.2. The van der Waals surface area contributed by atoms with Gasteiger partial charge in [0.05, 0.1) is 11.7 Å². The zero-order chi connectivity index (χ0) is 17.0. The van der Waals surface area contributed by atoms with Crippen molar-refractivity contribution in [3.05, 3.63) is 11.9 Å². The molecule has 0 unspecified atom stereocenters. The second-order valence-corrected chi connectivity index (χ2v) is 7.25. The van der Waals surface area contributed by atoms with Crippen LogP contribution in [0.5, 0.6) is 0 Å². The first-order valence-corrected chi connectivity index (χ1v) is 9.22. The van der Waals surface area contributed by atoms with E-state index in [1.165, 1.54) is 32.1 Å². The fourth-order valence-electron chi connectivity index (χ4n) is 3.96. The highest BCUT2D eigenvalue weighted by molar-refractivity contribution is 5.03. The van der Waals surface area contributed by atoms with E-state index in [1.807, 2.05) is 4.68 Å². The minimum absolute atomic E-state index is 0.198. The van der Waals surface area contributed by atoms with Crippen LogP contribution in [0.25, 0.3) is 0 Å². The Morgan fingerprint density at radius 1 is 1.04 bits per heavy atom. The fourth-order valence-corrected chi connectivity index (χ4v) is 3.96. The van der Waals surface area contributed by atoms with Crippen LogP contribution in [0.2, 0.25) is 0 Å². The molecule has 1 saturated heterocycles. The molecule has 2 aliphatic rings. The van der Waals surface area contributed by atoms with Crippen LogP contribution >= 0.6 is 0 Å². The highest BCUT2D eigenvalue weighted by Crippen LogP contribution is 2.32. The summed E-state index contributed by atoms with van der Waals surface area (Å²) in [4.78, 5) is 2.14. The van der Waals surface area contributed by atoms with Gasteiger partial charge in [-0.2, -0.15) is 13.2 Å². The molecule has 1 aromatic rings. The summed E-state index contributed by atoms with van der Waals surface area (Å²) in [5, 5.41) is 8.72. The van der Waals surface area contributed by atoms with Crippen molar-refractivity contribution in [3.63, 3.8) is 0 Å². The molecule has 0 aromatic carbocycles. The predicted octanol–water partition coefficient (Wildman–Crippen LogP) is 4.31. The topological polar surface area (TPSA) is 34.0 Å². The lowest BCUT2D eigenvalue weighted by Gasteiger charge is -2.31. The first kappa shape index (κ1) is 17.7. The summed E-state index contributed by atoms with van der Waals surface area (Å²) < 4.78 is 38.6. The number of hydrogen-bond donors (Lipinski definition) is 0.